The summed E-state index contributed by atoms with van der Waals surface area (Å²) in [7, 11) is 2.06. The lowest BCUT2D eigenvalue weighted by atomic mass is 10.0. The largest absolute Gasteiger partial charge is 0.371 e. The van der Waals surface area contributed by atoms with E-state index in [1.54, 1.807) is 0 Å². The quantitative estimate of drug-likeness (QED) is 0.926. The van der Waals surface area contributed by atoms with Crippen molar-refractivity contribution in [2.75, 3.05) is 25.0 Å². The maximum atomic E-state index is 4.50. The van der Waals surface area contributed by atoms with Gasteiger partial charge in [0, 0.05) is 36.6 Å². The molecule has 0 atom stereocenters. The van der Waals surface area contributed by atoms with Crippen LogP contribution in [0.15, 0.2) is 48.7 Å². The normalized spacial score (nSPS) is 16.4. The number of hydrogen-bond donors (Lipinski definition) is 1. The Morgan fingerprint density at radius 2 is 1.80 bits per heavy atom. The maximum absolute atomic E-state index is 4.50. The van der Waals surface area contributed by atoms with E-state index in [2.05, 4.69) is 52.6 Å². The van der Waals surface area contributed by atoms with Crippen LogP contribution < -0.4 is 10.2 Å². The summed E-state index contributed by atoms with van der Waals surface area (Å²) in [6.07, 6.45) is 4.26. The Hall–Kier alpha value is -1.87. The number of nitrogens with one attached hydrogen (secondary N) is 1. The van der Waals surface area contributed by atoms with Gasteiger partial charge in [0.25, 0.3) is 0 Å². The van der Waals surface area contributed by atoms with Gasteiger partial charge < -0.3 is 10.2 Å². The minimum absolute atomic E-state index is 0.660. The van der Waals surface area contributed by atoms with Crippen LogP contribution in [0.3, 0.4) is 0 Å². The summed E-state index contributed by atoms with van der Waals surface area (Å²) in [6.45, 7) is 2.21. The third-order valence-electron chi connectivity index (χ3n) is 4.09. The van der Waals surface area contributed by atoms with Gasteiger partial charge in [0.1, 0.15) is 0 Å². The van der Waals surface area contributed by atoms with Gasteiger partial charge in [-0.05, 0) is 38.1 Å². The second-order valence-corrected chi connectivity index (χ2v) is 5.28. The molecule has 1 saturated heterocycles. The Labute approximate surface area is 120 Å². The first-order chi connectivity index (χ1) is 9.88. The molecule has 0 radical (unpaired) electrons. The van der Waals surface area contributed by atoms with Gasteiger partial charge >= 0.3 is 0 Å². The molecule has 3 nitrogen and oxygen atoms in total. The van der Waals surface area contributed by atoms with E-state index in [0.717, 1.165) is 18.8 Å². The van der Waals surface area contributed by atoms with Crippen LogP contribution in [0.1, 0.15) is 12.8 Å². The number of pyridine rings is 1. The molecule has 1 aliphatic rings. The van der Waals surface area contributed by atoms with Crippen LogP contribution in [0.5, 0.6) is 0 Å². The highest BCUT2D eigenvalue weighted by molar-refractivity contribution is 5.76. The Morgan fingerprint density at radius 3 is 2.50 bits per heavy atom. The standard InChI is InChI=1S/C17H21N3/c1-18-14-9-12-20(13-10-14)17-8-3-2-6-15(17)16-7-4-5-11-19-16/h2-8,11,14,18H,9-10,12-13H2,1H3. The zero-order valence-corrected chi connectivity index (χ0v) is 11.9. The van der Waals surface area contributed by atoms with Crippen molar-refractivity contribution in [2.45, 2.75) is 18.9 Å². The number of para-hydroxylation sites is 1. The summed E-state index contributed by atoms with van der Waals surface area (Å²) in [6, 6.07) is 15.3. The minimum Gasteiger partial charge on any atom is -0.371 e. The van der Waals surface area contributed by atoms with E-state index >= 15 is 0 Å². The maximum Gasteiger partial charge on any atom is 0.0722 e. The number of piperidine rings is 1. The van der Waals surface area contributed by atoms with Gasteiger partial charge in [-0.3, -0.25) is 4.98 Å². The van der Waals surface area contributed by atoms with Crippen molar-refractivity contribution >= 4 is 5.69 Å². The molecule has 0 unspecified atom stereocenters. The highest BCUT2D eigenvalue weighted by atomic mass is 15.1. The molecule has 0 saturated carbocycles. The van der Waals surface area contributed by atoms with Crippen LogP contribution in [0.4, 0.5) is 5.69 Å². The molecule has 104 valence electrons. The third kappa shape index (κ3) is 2.68. The molecule has 3 rings (SSSR count). The predicted octanol–water partition coefficient (Wildman–Crippen LogP) is 2.94. The second-order valence-electron chi connectivity index (χ2n) is 5.28. The lowest BCUT2D eigenvalue weighted by Gasteiger charge is -2.34. The Morgan fingerprint density at radius 1 is 1.05 bits per heavy atom. The molecule has 2 aromatic rings. The van der Waals surface area contributed by atoms with E-state index in [4.69, 9.17) is 0 Å². The predicted molar refractivity (Wildman–Crippen MR) is 84.0 cm³/mol. The van der Waals surface area contributed by atoms with Gasteiger partial charge in [0.15, 0.2) is 0 Å². The molecule has 1 aliphatic heterocycles. The van der Waals surface area contributed by atoms with Crippen LogP contribution >= 0.6 is 0 Å². The number of rotatable bonds is 3. The summed E-state index contributed by atoms with van der Waals surface area (Å²) in [4.78, 5) is 6.98. The molecule has 0 amide bonds. The molecule has 0 bridgehead atoms. The van der Waals surface area contributed by atoms with Crippen molar-refractivity contribution in [3.05, 3.63) is 48.7 Å². The molecule has 1 aromatic heterocycles. The Kier molecular flexibility index (Phi) is 3.97. The second kappa shape index (κ2) is 6.06. The smallest absolute Gasteiger partial charge is 0.0722 e. The molecule has 1 aromatic carbocycles. The topological polar surface area (TPSA) is 28.2 Å². The molecule has 1 fully saturated rings. The molecular formula is C17H21N3. The van der Waals surface area contributed by atoms with Gasteiger partial charge in [0.05, 0.1) is 5.69 Å². The number of aromatic nitrogens is 1. The van der Waals surface area contributed by atoms with E-state index in [9.17, 15) is 0 Å². The molecule has 0 spiro atoms. The molecule has 3 heteroatoms. The first-order valence-electron chi connectivity index (χ1n) is 7.31. The van der Waals surface area contributed by atoms with E-state index in [1.165, 1.54) is 24.1 Å². The molecular weight excluding hydrogens is 246 g/mol. The SMILES string of the molecule is CNC1CCN(c2ccccc2-c2ccccn2)CC1. The number of benzene rings is 1. The highest BCUT2D eigenvalue weighted by Gasteiger charge is 2.20. The van der Waals surface area contributed by atoms with E-state index in [-0.39, 0.29) is 0 Å². The van der Waals surface area contributed by atoms with Crippen molar-refractivity contribution in [2.24, 2.45) is 0 Å². The summed E-state index contributed by atoms with van der Waals surface area (Å²) < 4.78 is 0. The van der Waals surface area contributed by atoms with Crippen molar-refractivity contribution < 1.29 is 0 Å². The van der Waals surface area contributed by atoms with Gasteiger partial charge in [-0.1, -0.05) is 24.3 Å². The summed E-state index contributed by atoms with van der Waals surface area (Å²) in [5.41, 5.74) is 3.59. The minimum atomic E-state index is 0.660. The average molecular weight is 267 g/mol. The van der Waals surface area contributed by atoms with Crippen LogP contribution in [0, 0.1) is 0 Å². The first-order valence-corrected chi connectivity index (χ1v) is 7.31. The Balaban J connectivity index is 1.87. The molecule has 0 aliphatic carbocycles. The van der Waals surface area contributed by atoms with Gasteiger partial charge in [-0.15, -0.1) is 0 Å². The fourth-order valence-electron chi connectivity index (χ4n) is 2.90. The Bertz CT molecular complexity index is 545. The third-order valence-corrected chi connectivity index (χ3v) is 4.09. The van der Waals surface area contributed by atoms with Gasteiger partial charge in [-0.25, -0.2) is 0 Å². The monoisotopic (exact) mass is 267 g/mol. The van der Waals surface area contributed by atoms with Crippen LogP contribution in [-0.4, -0.2) is 31.2 Å². The van der Waals surface area contributed by atoms with Crippen molar-refractivity contribution in [3.8, 4) is 11.3 Å². The van der Waals surface area contributed by atoms with Crippen LogP contribution in [0.2, 0.25) is 0 Å². The number of anilines is 1. The molecule has 20 heavy (non-hydrogen) atoms. The van der Waals surface area contributed by atoms with Gasteiger partial charge in [-0.2, -0.15) is 0 Å². The van der Waals surface area contributed by atoms with Crippen LogP contribution in [0.25, 0.3) is 11.3 Å². The zero-order valence-electron chi connectivity index (χ0n) is 11.9. The number of hydrogen-bond acceptors (Lipinski definition) is 3. The lowest BCUT2D eigenvalue weighted by Crippen LogP contribution is -2.41. The van der Waals surface area contributed by atoms with Crippen molar-refractivity contribution in [1.29, 1.82) is 0 Å². The molecule has 1 N–H and O–H groups in total. The fraction of sp³-hybridized carbons (Fsp3) is 0.353. The highest BCUT2D eigenvalue weighted by Crippen LogP contribution is 2.31. The van der Waals surface area contributed by atoms with E-state index < -0.39 is 0 Å². The van der Waals surface area contributed by atoms with E-state index in [1.807, 2.05) is 18.3 Å². The average Bonchev–Trinajstić information content (AvgIpc) is 2.56. The van der Waals surface area contributed by atoms with E-state index in [0.29, 0.717) is 6.04 Å². The lowest BCUT2D eigenvalue weighted by molar-refractivity contribution is 0.442. The summed E-state index contributed by atoms with van der Waals surface area (Å²) in [5.74, 6) is 0. The fourth-order valence-corrected chi connectivity index (χ4v) is 2.90. The first kappa shape index (κ1) is 13.1. The van der Waals surface area contributed by atoms with Crippen LogP contribution in [-0.2, 0) is 0 Å². The summed E-state index contributed by atoms with van der Waals surface area (Å²) in [5, 5.41) is 3.38. The zero-order chi connectivity index (χ0) is 13.8. The summed E-state index contributed by atoms with van der Waals surface area (Å²) >= 11 is 0. The van der Waals surface area contributed by atoms with Crippen molar-refractivity contribution in [3.63, 3.8) is 0 Å². The molecule has 2 heterocycles. The van der Waals surface area contributed by atoms with Gasteiger partial charge in [0.2, 0.25) is 0 Å². The number of nitrogens with zero attached hydrogens (tertiary/aromatic N) is 2. The van der Waals surface area contributed by atoms with Crippen molar-refractivity contribution in [1.82, 2.24) is 10.3 Å².